The molecule has 0 bridgehead atoms. The second kappa shape index (κ2) is 8.69. The van der Waals surface area contributed by atoms with Gasteiger partial charge in [0.25, 0.3) is 5.91 Å². The first kappa shape index (κ1) is 22.2. The van der Waals surface area contributed by atoms with E-state index in [0.29, 0.717) is 28.8 Å². The number of aliphatic hydroxyl groups is 1. The number of β-lactam (4-membered cyclic amide) rings is 1. The molecule has 1 aromatic heterocycles. The van der Waals surface area contributed by atoms with Crippen LogP contribution in [0.15, 0.2) is 54.5 Å². The smallest absolute Gasteiger partial charge is 0.543 e. The number of aromatic nitrogens is 1. The Kier molecular flexibility index (Phi) is 6.42. The number of anilines is 1. The van der Waals surface area contributed by atoms with Crippen molar-refractivity contribution in [2.45, 2.75) is 25.5 Å². The molecule has 3 heterocycles. The zero-order valence-corrected chi connectivity index (χ0v) is 18.5. The van der Waals surface area contributed by atoms with Gasteiger partial charge >= 0.3 is 29.6 Å². The van der Waals surface area contributed by atoms with E-state index >= 15 is 0 Å². The van der Waals surface area contributed by atoms with Crippen molar-refractivity contribution in [3.63, 3.8) is 0 Å². The van der Waals surface area contributed by atoms with Crippen LogP contribution in [0, 0.1) is 5.92 Å². The molecule has 148 valence electrons. The Bertz CT molecular complexity index is 1020. The van der Waals surface area contributed by atoms with Crippen LogP contribution in [0.25, 0.3) is 5.57 Å². The maximum Gasteiger partial charge on any atom is 1.00 e. The van der Waals surface area contributed by atoms with Crippen molar-refractivity contribution >= 4 is 29.0 Å². The van der Waals surface area contributed by atoms with Gasteiger partial charge in [-0.05, 0) is 48.7 Å². The Labute approximate surface area is 194 Å². The molecule has 0 unspecified atom stereocenters. The molecule has 8 nitrogen and oxygen atoms in total. The molecule has 2 amide bonds. The number of nitrogens with one attached hydrogen (secondary N) is 1. The second-order valence-electron chi connectivity index (χ2n) is 7.13. The van der Waals surface area contributed by atoms with Crippen molar-refractivity contribution in [3.8, 4) is 0 Å². The zero-order valence-electron chi connectivity index (χ0n) is 16.5. The number of hydrogen-bond acceptors (Lipinski definition) is 6. The Morgan fingerprint density at radius 2 is 1.97 bits per heavy atom. The molecule has 4 rings (SSSR count). The number of aliphatic hydroxyl groups excluding tert-OH is 1. The number of carbonyl (C=O) groups is 3. The third-order valence-corrected chi connectivity index (χ3v) is 5.34. The number of benzene rings is 1. The largest absolute Gasteiger partial charge is 1.00 e. The molecule has 1 saturated heterocycles. The van der Waals surface area contributed by atoms with E-state index in [4.69, 9.17) is 0 Å². The number of rotatable bonds is 5. The minimum Gasteiger partial charge on any atom is -0.543 e. The number of amides is 2. The fourth-order valence-corrected chi connectivity index (χ4v) is 3.97. The van der Waals surface area contributed by atoms with E-state index in [1.807, 2.05) is 0 Å². The van der Waals surface area contributed by atoms with Gasteiger partial charge in [0.05, 0.1) is 35.3 Å². The normalized spacial score (nSPS) is 20.7. The maximum absolute atomic E-state index is 12.3. The average Bonchev–Trinajstić information content (AvgIpc) is 3.04. The molecule has 2 aliphatic heterocycles. The van der Waals surface area contributed by atoms with Crippen molar-refractivity contribution in [1.82, 2.24) is 9.88 Å². The molecule has 3 atom stereocenters. The Morgan fingerprint density at radius 3 is 2.53 bits per heavy atom. The van der Waals surface area contributed by atoms with Crippen molar-refractivity contribution in [3.05, 3.63) is 65.6 Å². The summed E-state index contributed by atoms with van der Waals surface area (Å²) in [6, 6.07) is 9.62. The molecule has 30 heavy (non-hydrogen) atoms. The monoisotopic (exact) mass is 415 g/mol. The first-order valence-electron chi connectivity index (χ1n) is 9.16. The van der Waals surface area contributed by atoms with E-state index in [1.165, 1.54) is 18.0 Å². The van der Waals surface area contributed by atoms with E-state index in [2.05, 4.69) is 10.3 Å². The van der Waals surface area contributed by atoms with Crippen LogP contribution in [0.3, 0.4) is 0 Å². The molecule has 0 spiro atoms. The fourth-order valence-electron chi connectivity index (χ4n) is 3.97. The summed E-state index contributed by atoms with van der Waals surface area (Å²) in [5.74, 6) is -2.75. The standard InChI is InChI=1S/C21H19N3O5.Na/c1-11(25)17-16-9-15(18(21(28)29)24(16)20(17)27)12-4-6-14(7-5-12)23-19(26)13-3-2-8-22-10-13;/h2-8,10-11,16-17,25H,9H2,1H3,(H,23,26)(H,28,29);/q;+1/p-1/t11-,16-,17-;/m1./s1. The number of pyridine rings is 1. The molecule has 9 heteroatoms. The summed E-state index contributed by atoms with van der Waals surface area (Å²) < 4.78 is 0. The molecule has 0 aliphatic carbocycles. The molecule has 2 N–H and O–H groups in total. The predicted octanol–water partition coefficient (Wildman–Crippen LogP) is -2.59. The van der Waals surface area contributed by atoms with E-state index < -0.39 is 23.9 Å². The van der Waals surface area contributed by atoms with Gasteiger partial charge in [-0.25, -0.2) is 0 Å². The first-order valence-corrected chi connectivity index (χ1v) is 9.16. The Morgan fingerprint density at radius 1 is 1.27 bits per heavy atom. The topological polar surface area (TPSA) is 123 Å². The molecule has 2 aromatic rings. The second-order valence-corrected chi connectivity index (χ2v) is 7.13. The summed E-state index contributed by atoms with van der Waals surface area (Å²) in [6.45, 7) is 1.52. The van der Waals surface area contributed by atoms with Crippen molar-refractivity contribution < 1.29 is 54.2 Å². The van der Waals surface area contributed by atoms with Gasteiger partial charge < -0.3 is 25.2 Å². The van der Waals surface area contributed by atoms with E-state index in [0.717, 1.165) is 0 Å². The summed E-state index contributed by atoms with van der Waals surface area (Å²) in [5.41, 5.74) is 1.91. The molecular weight excluding hydrogens is 397 g/mol. The third-order valence-electron chi connectivity index (χ3n) is 5.34. The maximum atomic E-state index is 12.3. The number of nitrogens with zero attached hydrogens (tertiary/aromatic N) is 2. The number of carboxylic acid groups (broad SMARTS) is 1. The van der Waals surface area contributed by atoms with Gasteiger partial charge in [-0.1, -0.05) is 12.1 Å². The number of carboxylic acids is 1. The van der Waals surface area contributed by atoms with Crippen molar-refractivity contribution in [2.75, 3.05) is 5.32 Å². The minimum atomic E-state index is -1.42. The predicted molar refractivity (Wildman–Crippen MR) is 101 cm³/mol. The number of aliphatic carboxylic acids is 1. The van der Waals surface area contributed by atoms with Gasteiger partial charge in [-0.15, -0.1) is 0 Å². The van der Waals surface area contributed by atoms with Crippen LogP contribution in [0.5, 0.6) is 0 Å². The first-order chi connectivity index (χ1) is 13.9. The molecule has 2 aliphatic rings. The number of carbonyl (C=O) groups excluding carboxylic acids is 3. The van der Waals surface area contributed by atoms with Gasteiger partial charge in [0, 0.05) is 18.1 Å². The van der Waals surface area contributed by atoms with Gasteiger partial charge in [0.15, 0.2) is 0 Å². The summed E-state index contributed by atoms with van der Waals surface area (Å²) in [6.07, 6.45) is 2.51. The number of hydrogen-bond donors (Lipinski definition) is 2. The minimum absolute atomic E-state index is 0. The van der Waals surface area contributed by atoms with Gasteiger partial charge in [0.1, 0.15) is 0 Å². The molecule has 1 fully saturated rings. The summed E-state index contributed by atoms with van der Waals surface area (Å²) in [7, 11) is 0. The van der Waals surface area contributed by atoms with E-state index in [1.54, 1.807) is 42.6 Å². The molecule has 0 radical (unpaired) electrons. The zero-order chi connectivity index (χ0) is 20.7. The Balaban J connectivity index is 0.00000256. The summed E-state index contributed by atoms with van der Waals surface area (Å²) in [5, 5.41) is 24.2. The van der Waals surface area contributed by atoms with Crippen LogP contribution in [0.4, 0.5) is 5.69 Å². The van der Waals surface area contributed by atoms with Crippen LogP contribution in [0.1, 0.15) is 29.3 Å². The van der Waals surface area contributed by atoms with Gasteiger partial charge in [-0.2, -0.15) is 0 Å². The molecular formula is C21H18N3NaO5. The van der Waals surface area contributed by atoms with E-state index in [9.17, 15) is 24.6 Å². The van der Waals surface area contributed by atoms with Crippen molar-refractivity contribution in [1.29, 1.82) is 0 Å². The Hall–Kier alpha value is -2.52. The molecule has 0 saturated carbocycles. The van der Waals surface area contributed by atoms with Crippen LogP contribution < -0.4 is 40.0 Å². The third kappa shape index (κ3) is 3.79. The van der Waals surface area contributed by atoms with Crippen LogP contribution >= 0.6 is 0 Å². The van der Waals surface area contributed by atoms with Gasteiger partial charge in [0.2, 0.25) is 5.91 Å². The van der Waals surface area contributed by atoms with Crippen LogP contribution in [0.2, 0.25) is 0 Å². The SMILES string of the molecule is C[C@@H](O)[C@H]1C(=O)N2C(C(=O)[O-])=C(c3ccc(NC(=O)c4cccnc4)cc3)C[C@H]12.[Na+]. The quantitative estimate of drug-likeness (QED) is 0.408. The van der Waals surface area contributed by atoms with Crippen LogP contribution in [-0.4, -0.2) is 44.9 Å². The van der Waals surface area contributed by atoms with E-state index in [-0.39, 0.29) is 47.2 Å². The summed E-state index contributed by atoms with van der Waals surface area (Å²) in [4.78, 5) is 41.3. The van der Waals surface area contributed by atoms with Crippen molar-refractivity contribution in [2.24, 2.45) is 5.92 Å². The fraction of sp³-hybridized carbons (Fsp3) is 0.238. The summed E-state index contributed by atoms with van der Waals surface area (Å²) >= 11 is 0. The number of fused-ring (bicyclic) bond motifs is 1. The van der Waals surface area contributed by atoms with Gasteiger partial charge in [-0.3, -0.25) is 14.6 Å². The average molecular weight is 415 g/mol. The van der Waals surface area contributed by atoms with Crippen LogP contribution in [-0.2, 0) is 9.59 Å². The molecule has 1 aromatic carbocycles.